The van der Waals surface area contributed by atoms with Gasteiger partial charge in [-0.2, -0.15) is 0 Å². The van der Waals surface area contributed by atoms with Crippen LogP contribution in [0.3, 0.4) is 0 Å². The number of benzene rings is 3. The van der Waals surface area contributed by atoms with Crippen molar-refractivity contribution < 1.29 is 9.90 Å². The van der Waals surface area contributed by atoms with Crippen molar-refractivity contribution in [3.8, 4) is 22.3 Å². The van der Waals surface area contributed by atoms with Crippen molar-refractivity contribution >= 4 is 20.5 Å². The summed E-state index contributed by atoms with van der Waals surface area (Å²) in [5.74, 6) is -0.916. The molecule has 2 nitrogen and oxygen atoms in total. The fraction of sp³-hybridized carbons (Fsp3) is 0. The number of hydrogen-bond acceptors (Lipinski definition) is 1. The first-order valence-electron chi connectivity index (χ1n) is 6.95. The second kappa shape index (κ2) is 6.13. The molecule has 0 amide bonds. The number of carboxylic acid groups (broad SMARTS) is 1. The zero-order valence-corrected chi connectivity index (χ0v) is 13.0. The van der Waals surface area contributed by atoms with E-state index in [2.05, 4.69) is 9.24 Å². The van der Waals surface area contributed by atoms with Gasteiger partial charge in [0.2, 0.25) is 0 Å². The molecule has 0 bridgehead atoms. The molecule has 0 aliphatic carbocycles. The average Bonchev–Trinajstić information content (AvgIpc) is 2.56. The molecule has 0 aliphatic rings. The smallest absolute Gasteiger partial charge is 0.336 e. The number of hydrogen-bond donors (Lipinski definition) is 1. The van der Waals surface area contributed by atoms with Crippen molar-refractivity contribution in [3.63, 3.8) is 0 Å². The molecule has 22 heavy (non-hydrogen) atoms. The van der Waals surface area contributed by atoms with Gasteiger partial charge in [0.25, 0.3) is 0 Å². The number of rotatable bonds is 3. The van der Waals surface area contributed by atoms with Crippen molar-refractivity contribution in [3.05, 3.63) is 78.4 Å². The van der Waals surface area contributed by atoms with E-state index in [0.717, 1.165) is 27.6 Å². The van der Waals surface area contributed by atoms with Crippen LogP contribution in [0.4, 0.5) is 0 Å². The van der Waals surface area contributed by atoms with Crippen LogP contribution in [0.5, 0.6) is 0 Å². The largest absolute Gasteiger partial charge is 0.478 e. The summed E-state index contributed by atoms with van der Waals surface area (Å²) in [4.78, 5) is 11.7. The van der Waals surface area contributed by atoms with Gasteiger partial charge in [-0.15, -0.1) is 9.24 Å². The minimum Gasteiger partial charge on any atom is -0.478 e. The summed E-state index contributed by atoms with van der Waals surface area (Å²) in [6.45, 7) is 0. The number of carbonyl (C=O) groups is 1. The van der Waals surface area contributed by atoms with E-state index in [-0.39, 0.29) is 0 Å². The Morgan fingerprint density at radius 1 is 0.727 bits per heavy atom. The predicted molar refractivity (Wildman–Crippen MR) is 93.6 cm³/mol. The van der Waals surface area contributed by atoms with Gasteiger partial charge in [0.1, 0.15) is 0 Å². The maximum atomic E-state index is 11.7. The van der Waals surface area contributed by atoms with Gasteiger partial charge in [0.05, 0.1) is 5.56 Å². The topological polar surface area (TPSA) is 37.3 Å². The van der Waals surface area contributed by atoms with E-state index in [1.54, 1.807) is 6.07 Å². The Bertz CT molecular complexity index is 812. The summed E-state index contributed by atoms with van der Waals surface area (Å²) < 4.78 is 0. The van der Waals surface area contributed by atoms with E-state index in [0.29, 0.717) is 5.56 Å². The highest BCUT2D eigenvalue weighted by molar-refractivity contribution is 7.28. The summed E-state index contributed by atoms with van der Waals surface area (Å²) in [6, 6.07) is 23.0. The quantitative estimate of drug-likeness (QED) is 0.736. The van der Waals surface area contributed by atoms with Gasteiger partial charge >= 0.3 is 5.97 Å². The van der Waals surface area contributed by atoms with Crippen LogP contribution in [0.15, 0.2) is 72.8 Å². The Hall–Kier alpha value is -2.44. The highest BCUT2D eigenvalue weighted by Crippen LogP contribution is 2.34. The van der Waals surface area contributed by atoms with Crippen molar-refractivity contribution in [1.29, 1.82) is 0 Å². The van der Waals surface area contributed by atoms with Crippen LogP contribution in [0, 0.1) is 0 Å². The molecular formula is C19H15O2P. The van der Waals surface area contributed by atoms with E-state index in [1.807, 2.05) is 66.7 Å². The lowest BCUT2D eigenvalue weighted by Crippen LogP contribution is -2.07. The Morgan fingerprint density at radius 2 is 1.23 bits per heavy atom. The second-order valence-corrected chi connectivity index (χ2v) is 5.61. The van der Waals surface area contributed by atoms with Crippen LogP contribution in [0.25, 0.3) is 22.3 Å². The standard InChI is InChI=1S/C19H15O2P/c20-19(21)15-11-12-16(22)18(14-9-5-2-6-10-14)17(15)13-7-3-1-4-8-13/h1-12H,22H2,(H,20,21). The molecule has 0 aromatic heterocycles. The van der Waals surface area contributed by atoms with Gasteiger partial charge < -0.3 is 5.11 Å². The molecule has 3 rings (SSSR count). The molecule has 1 N–H and O–H groups in total. The van der Waals surface area contributed by atoms with Crippen molar-refractivity contribution in [2.75, 3.05) is 0 Å². The fourth-order valence-corrected chi connectivity index (χ4v) is 3.02. The first-order valence-corrected chi connectivity index (χ1v) is 7.53. The highest BCUT2D eigenvalue weighted by atomic mass is 31.0. The highest BCUT2D eigenvalue weighted by Gasteiger charge is 2.18. The van der Waals surface area contributed by atoms with Gasteiger partial charge in [0, 0.05) is 5.56 Å². The monoisotopic (exact) mass is 306 g/mol. The zero-order chi connectivity index (χ0) is 15.5. The molecule has 3 aromatic rings. The van der Waals surface area contributed by atoms with E-state index in [9.17, 15) is 9.90 Å². The Morgan fingerprint density at radius 3 is 1.73 bits per heavy atom. The molecule has 0 aliphatic heterocycles. The summed E-state index contributed by atoms with van der Waals surface area (Å²) >= 11 is 0. The molecule has 1 unspecified atom stereocenters. The van der Waals surface area contributed by atoms with E-state index < -0.39 is 5.97 Å². The number of carboxylic acids is 1. The van der Waals surface area contributed by atoms with Gasteiger partial charge in [-0.1, -0.05) is 66.7 Å². The van der Waals surface area contributed by atoms with Gasteiger partial charge in [-0.05, 0) is 28.1 Å². The maximum Gasteiger partial charge on any atom is 0.336 e. The van der Waals surface area contributed by atoms with Crippen LogP contribution in [-0.2, 0) is 0 Å². The summed E-state index contributed by atoms with van der Waals surface area (Å²) in [6.07, 6.45) is 0. The maximum absolute atomic E-state index is 11.7. The molecule has 0 heterocycles. The van der Waals surface area contributed by atoms with Crippen LogP contribution >= 0.6 is 9.24 Å². The van der Waals surface area contributed by atoms with E-state index in [4.69, 9.17) is 0 Å². The van der Waals surface area contributed by atoms with Crippen LogP contribution in [-0.4, -0.2) is 11.1 Å². The minimum absolute atomic E-state index is 0.316. The van der Waals surface area contributed by atoms with Crippen LogP contribution < -0.4 is 5.30 Å². The minimum atomic E-state index is -0.916. The molecule has 1 atom stereocenters. The van der Waals surface area contributed by atoms with E-state index >= 15 is 0 Å². The molecule has 0 spiro atoms. The zero-order valence-electron chi connectivity index (χ0n) is 11.9. The predicted octanol–water partition coefficient (Wildman–Crippen LogP) is 4.22. The molecular weight excluding hydrogens is 291 g/mol. The lowest BCUT2D eigenvalue weighted by Gasteiger charge is -2.16. The third-order valence-electron chi connectivity index (χ3n) is 3.59. The molecule has 108 valence electrons. The molecule has 3 aromatic carbocycles. The summed E-state index contributed by atoms with van der Waals surface area (Å²) in [5, 5.41) is 10.6. The molecule has 3 heteroatoms. The van der Waals surface area contributed by atoms with Crippen LogP contribution in [0.1, 0.15) is 10.4 Å². The first-order chi connectivity index (χ1) is 10.7. The van der Waals surface area contributed by atoms with Crippen molar-refractivity contribution in [2.45, 2.75) is 0 Å². The lowest BCUT2D eigenvalue weighted by atomic mass is 9.90. The molecule has 0 saturated carbocycles. The van der Waals surface area contributed by atoms with Gasteiger partial charge in [0.15, 0.2) is 0 Å². The third kappa shape index (κ3) is 2.66. The Kier molecular flexibility index (Phi) is 4.04. The second-order valence-electron chi connectivity index (χ2n) is 4.99. The first kappa shape index (κ1) is 14.5. The van der Waals surface area contributed by atoms with E-state index in [1.165, 1.54) is 0 Å². The SMILES string of the molecule is O=C(O)c1ccc(P)c(-c2ccccc2)c1-c1ccccc1. The van der Waals surface area contributed by atoms with Crippen molar-refractivity contribution in [1.82, 2.24) is 0 Å². The Labute approximate surface area is 131 Å². The van der Waals surface area contributed by atoms with Gasteiger partial charge in [-0.3, -0.25) is 0 Å². The fourth-order valence-electron chi connectivity index (χ4n) is 2.62. The average molecular weight is 306 g/mol. The summed E-state index contributed by atoms with van der Waals surface area (Å²) in [5.41, 5.74) is 3.93. The van der Waals surface area contributed by atoms with Crippen LogP contribution in [0.2, 0.25) is 0 Å². The number of aromatic carboxylic acids is 1. The summed E-state index contributed by atoms with van der Waals surface area (Å²) in [7, 11) is 2.71. The lowest BCUT2D eigenvalue weighted by molar-refractivity contribution is 0.0698. The normalized spacial score (nSPS) is 10.4. The molecule has 0 fully saturated rings. The van der Waals surface area contributed by atoms with Crippen molar-refractivity contribution in [2.24, 2.45) is 0 Å². The Balaban J connectivity index is 2.38. The third-order valence-corrected chi connectivity index (χ3v) is 4.07. The molecule has 0 radical (unpaired) electrons. The van der Waals surface area contributed by atoms with Gasteiger partial charge in [-0.25, -0.2) is 4.79 Å². The molecule has 0 saturated heterocycles.